The maximum Gasteiger partial charge on any atom is 0.335 e. The molecule has 0 unspecified atom stereocenters. The van der Waals surface area contributed by atoms with Crippen LogP contribution in [0.2, 0.25) is 5.02 Å². The fraction of sp³-hybridized carbons (Fsp3) is 0.174. The number of amides is 4. The highest BCUT2D eigenvalue weighted by Crippen LogP contribution is 2.37. The lowest BCUT2D eigenvalue weighted by Crippen LogP contribution is -2.54. The normalized spacial score (nSPS) is 15.0. The second-order valence-corrected chi connectivity index (χ2v) is 6.96. The van der Waals surface area contributed by atoms with Crippen LogP contribution in [0.25, 0.3) is 6.08 Å². The van der Waals surface area contributed by atoms with Crippen molar-refractivity contribution >= 4 is 41.2 Å². The van der Waals surface area contributed by atoms with E-state index in [9.17, 15) is 14.4 Å². The Balaban J connectivity index is 2.03. The van der Waals surface area contributed by atoms with Crippen molar-refractivity contribution in [3.05, 3.63) is 58.1 Å². The third kappa shape index (κ3) is 4.71. The van der Waals surface area contributed by atoms with Crippen LogP contribution < -0.4 is 19.7 Å². The number of ether oxygens (including phenoxy) is 2. The zero-order valence-corrected chi connectivity index (χ0v) is 17.7. The van der Waals surface area contributed by atoms with Crippen LogP contribution in [0.1, 0.15) is 18.1 Å². The van der Waals surface area contributed by atoms with Crippen LogP contribution in [0, 0.1) is 19.3 Å². The maximum absolute atomic E-state index is 13.0. The monoisotopic (exact) mass is 438 g/mol. The van der Waals surface area contributed by atoms with Crippen molar-refractivity contribution < 1.29 is 23.9 Å². The Hall–Kier alpha value is -3.76. The number of anilines is 1. The summed E-state index contributed by atoms with van der Waals surface area (Å²) in [7, 11) is 0. The predicted molar refractivity (Wildman–Crippen MR) is 117 cm³/mol. The fourth-order valence-electron chi connectivity index (χ4n) is 3.01. The number of carbonyl (C=O) groups is 3. The van der Waals surface area contributed by atoms with Gasteiger partial charge in [-0.1, -0.05) is 29.7 Å². The average Bonchev–Trinajstić information content (AvgIpc) is 2.71. The first-order valence-electron chi connectivity index (χ1n) is 9.36. The number of imide groups is 2. The van der Waals surface area contributed by atoms with Gasteiger partial charge in [-0.2, -0.15) is 0 Å². The molecule has 1 heterocycles. The summed E-state index contributed by atoms with van der Waals surface area (Å²) >= 11 is 6.31. The molecule has 1 aliphatic heterocycles. The van der Waals surface area contributed by atoms with E-state index >= 15 is 0 Å². The maximum atomic E-state index is 13.0. The SMILES string of the molecule is C#CCOc1c(Cl)cc(/C=C2\C(=O)NC(=O)N(c3cccc(C)c3)C2=O)cc1OCC. The van der Waals surface area contributed by atoms with Crippen molar-refractivity contribution in [1.29, 1.82) is 0 Å². The minimum absolute atomic E-state index is 0.00527. The number of barbiturate groups is 1. The standard InChI is InChI=1S/C23H19ClN2O5/c1-4-9-31-20-18(24)12-15(13-19(20)30-5-2)11-17-21(27)25-23(29)26(22(17)28)16-8-6-7-14(3)10-16/h1,6-8,10-13H,5,9H2,2-3H3,(H,25,27,29)/b17-11+. The molecule has 7 nitrogen and oxygen atoms in total. The van der Waals surface area contributed by atoms with Gasteiger partial charge in [0.15, 0.2) is 11.5 Å². The van der Waals surface area contributed by atoms with Gasteiger partial charge in [0.25, 0.3) is 11.8 Å². The van der Waals surface area contributed by atoms with Crippen molar-refractivity contribution in [3.8, 4) is 23.8 Å². The average molecular weight is 439 g/mol. The Morgan fingerprint density at radius 2 is 1.97 bits per heavy atom. The summed E-state index contributed by atoms with van der Waals surface area (Å²) in [5, 5.41) is 2.39. The van der Waals surface area contributed by atoms with Gasteiger partial charge in [-0.3, -0.25) is 14.9 Å². The van der Waals surface area contributed by atoms with Crippen molar-refractivity contribution in [2.75, 3.05) is 18.1 Å². The number of hydrogen-bond donors (Lipinski definition) is 1. The Bertz CT molecular complexity index is 1130. The molecule has 1 fully saturated rings. The highest BCUT2D eigenvalue weighted by Gasteiger charge is 2.36. The van der Waals surface area contributed by atoms with Crippen molar-refractivity contribution in [3.63, 3.8) is 0 Å². The van der Waals surface area contributed by atoms with Crippen LogP contribution in [0.5, 0.6) is 11.5 Å². The van der Waals surface area contributed by atoms with E-state index in [0.29, 0.717) is 23.6 Å². The third-order valence-corrected chi connectivity index (χ3v) is 4.58. The summed E-state index contributed by atoms with van der Waals surface area (Å²) in [4.78, 5) is 38.7. The van der Waals surface area contributed by atoms with Gasteiger partial charge in [-0.15, -0.1) is 6.42 Å². The first-order valence-corrected chi connectivity index (χ1v) is 9.74. The number of rotatable bonds is 6. The molecule has 31 heavy (non-hydrogen) atoms. The number of nitrogens with zero attached hydrogens (tertiary/aromatic N) is 1. The zero-order valence-electron chi connectivity index (χ0n) is 16.9. The molecule has 1 N–H and O–H groups in total. The summed E-state index contributed by atoms with van der Waals surface area (Å²) in [5.74, 6) is 1.37. The molecule has 0 aromatic heterocycles. The highest BCUT2D eigenvalue weighted by atomic mass is 35.5. The molecule has 0 atom stereocenters. The van der Waals surface area contributed by atoms with E-state index in [1.165, 1.54) is 12.1 Å². The molecule has 0 spiro atoms. The van der Waals surface area contributed by atoms with Crippen molar-refractivity contribution in [2.24, 2.45) is 0 Å². The van der Waals surface area contributed by atoms with E-state index < -0.39 is 17.8 Å². The van der Waals surface area contributed by atoms with Gasteiger partial charge < -0.3 is 9.47 Å². The van der Waals surface area contributed by atoms with Crippen molar-refractivity contribution in [1.82, 2.24) is 5.32 Å². The number of carbonyl (C=O) groups excluding carboxylic acids is 3. The number of benzene rings is 2. The molecular weight excluding hydrogens is 420 g/mol. The smallest absolute Gasteiger partial charge is 0.335 e. The number of halogens is 1. The summed E-state index contributed by atoms with van der Waals surface area (Å²) in [6.07, 6.45) is 6.57. The summed E-state index contributed by atoms with van der Waals surface area (Å²) < 4.78 is 11.0. The fourth-order valence-corrected chi connectivity index (χ4v) is 3.29. The molecule has 0 radical (unpaired) electrons. The van der Waals surface area contributed by atoms with Gasteiger partial charge in [0.2, 0.25) is 0 Å². The molecule has 3 rings (SSSR count). The van der Waals surface area contributed by atoms with Crippen LogP contribution >= 0.6 is 11.6 Å². The Morgan fingerprint density at radius 3 is 2.65 bits per heavy atom. The highest BCUT2D eigenvalue weighted by molar-refractivity contribution is 6.39. The summed E-state index contributed by atoms with van der Waals surface area (Å²) in [5.41, 5.74) is 1.40. The molecule has 1 aliphatic rings. The summed E-state index contributed by atoms with van der Waals surface area (Å²) in [6, 6.07) is 9.10. The van der Waals surface area contributed by atoms with Crippen LogP contribution in [0.3, 0.4) is 0 Å². The Kier molecular flexibility index (Phi) is 6.63. The van der Waals surface area contributed by atoms with Crippen LogP contribution in [0.4, 0.5) is 10.5 Å². The minimum Gasteiger partial charge on any atom is -0.490 e. The van der Waals surface area contributed by atoms with Crippen molar-refractivity contribution in [2.45, 2.75) is 13.8 Å². The van der Waals surface area contributed by atoms with E-state index in [1.54, 1.807) is 31.2 Å². The first kappa shape index (κ1) is 21.9. The van der Waals surface area contributed by atoms with E-state index in [1.807, 2.05) is 13.0 Å². The Morgan fingerprint density at radius 1 is 1.19 bits per heavy atom. The van der Waals surface area contributed by atoms with E-state index in [0.717, 1.165) is 10.5 Å². The molecule has 2 aromatic rings. The van der Waals surface area contributed by atoms with E-state index in [4.69, 9.17) is 27.5 Å². The lowest BCUT2D eigenvalue weighted by Gasteiger charge is -2.26. The number of aryl methyl sites for hydroxylation is 1. The number of hydrogen-bond acceptors (Lipinski definition) is 5. The minimum atomic E-state index is -0.816. The third-order valence-electron chi connectivity index (χ3n) is 4.30. The van der Waals surface area contributed by atoms with Gasteiger partial charge in [0.1, 0.15) is 12.2 Å². The molecule has 8 heteroatoms. The molecule has 158 valence electrons. The van der Waals surface area contributed by atoms with Gasteiger partial charge in [0.05, 0.1) is 17.3 Å². The molecule has 0 bridgehead atoms. The zero-order chi connectivity index (χ0) is 22.5. The van der Waals surface area contributed by atoms with Gasteiger partial charge in [-0.25, -0.2) is 9.69 Å². The molecule has 4 amide bonds. The molecular formula is C23H19ClN2O5. The van der Waals surface area contributed by atoms with E-state index in [-0.39, 0.29) is 23.0 Å². The van der Waals surface area contributed by atoms with Crippen LogP contribution in [-0.2, 0) is 9.59 Å². The van der Waals surface area contributed by atoms with Gasteiger partial charge >= 0.3 is 6.03 Å². The molecule has 0 saturated carbocycles. The number of terminal acetylenes is 1. The lowest BCUT2D eigenvalue weighted by atomic mass is 10.1. The first-order chi connectivity index (χ1) is 14.8. The van der Waals surface area contributed by atoms with Gasteiger partial charge in [-0.05, 0) is 55.3 Å². The Labute approximate surface area is 184 Å². The predicted octanol–water partition coefficient (Wildman–Crippen LogP) is 3.73. The van der Waals surface area contributed by atoms with Gasteiger partial charge in [0, 0.05) is 0 Å². The topological polar surface area (TPSA) is 84.9 Å². The van der Waals surface area contributed by atoms with Crippen LogP contribution in [-0.4, -0.2) is 31.1 Å². The number of nitrogens with one attached hydrogen (secondary N) is 1. The number of urea groups is 1. The second kappa shape index (κ2) is 9.37. The second-order valence-electron chi connectivity index (χ2n) is 6.55. The largest absolute Gasteiger partial charge is 0.490 e. The molecule has 0 aliphatic carbocycles. The quantitative estimate of drug-likeness (QED) is 0.422. The lowest BCUT2D eigenvalue weighted by molar-refractivity contribution is -0.122. The summed E-state index contributed by atoms with van der Waals surface area (Å²) in [6.45, 7) is 3.94. The molecule has 1 saturated heterocycles. The van der Waals surface area contributed by atoms with E-state index in [2.05, 4.69) is 11.2 Å². The van der Waals surface area contributed by atoms with Crippen LogP contribution in [0.15, 0.2) is 42.0 Å². The molecule has 2 aromatic carbocycles.